The number of hydrogen-bond acceptors (Lipinski definition) is 5. The normalized spacial score (nSPS) is 20.5. The molecule has 1 saturated heterocycles. The van der Waals surface area contributed by atoms with Crippen LogP contribution in [0.25, 0.3) is 0 Å². The predicted molar refractivity (Wildman–Crippen MR) is 104 cm³/mol. The van der Waals surface area contributed by atoms with Crippen molar-refractivity contribution in [2.24, 2.45) is 5.10 Å². The van der Waals surface area contributed by atoms with E-state index < -0.39 is 17.7 Å². The summed E-state index contributed by atoms with van der Waals surface area (Å²) in [7, 11) is 0. The number of hydrogen-bond donors (Lipinski definition) is 0. The van der Waals surface area contributed by atoms with Gasteiger partial charge in [-0.05, 0) is 23.8 Å². The Morgan fingerprint density at radius 2 is 2.00 bits per heavy atom. The van der Waals surface area contributed by atoms with Crippen LogP contribution in [-0.2, 0) is 0 Å². The summed E-state index contributed by atoms with van der Waals surface area (Å²) in [6.45, 7) is 0.705. The number of ether oxygens (including phenoxy) is 1. The molecular formula is C20H16ClF2N5O2. The number of hydrazone groups is 1. The highest BCUT2D eigenvalue weighted by Gasteiger charge is 2.36. The van der Waals surface area contributed by atoms with Crippen molar-refractivity contribution in [3.8, 4) is 11.9 Å². The lowest BCUT2D eigenvalue weighted by molar-refractivity contribution is 0.141. The quantitative estimate of drug-likeness (QED) is 0.690. The standard InChI is InChI=1S/C20H16ClF2N5O2/c21-18-5-12(10-24)6-19(26-18)30-16-2-4-27(11-16)20(29)28-17(1-3-25-28)13-7-14(22)9-15(23)8-13/h3,5-9,16-17H,1-2,4,11H2/t16-,17-/m0/s1. The lowest BCUT2D eigenvalue weighted by Crippen LogP contribution is -2.40. The van der Waals surface area contributed by atoms with E-state index >= 15 is 0 Å². The molecule has 0 saturated carbocycles. The molecule has 1 fully saturated rings. The molecule has 10 heteroatoms. The zero-order chi connectivity index (χ0) is 21.3. The molecule has 2 aromatic rings. The van der Waals surface area contributed by atoms with Gasteiger partial charge in [-0.2, -0.15) is 10.4 Å². The Kier molecular flexibility index (Phi) is 5.50. The first-order valence-corrected chi connectivity index (χ1v) is 9.61. The minimum Gasteiger partial charge on any atom is -0.472 e. The van der Waals surface area contributed by atoms with Crippen molar-refractivity contribution in [3.05, 3.63) is 58.2 Å². The zero-order valence-electron chi connectivity index (χ0n) is 15.6. The van der Waals surface area contributed by atoms with Crippen LogP contribution in [0.15, 0.2) is 35.4 Å². The maximum atomic E-state index is 13.6. The van der Waals surface area contributed by atoms with E-state index in [0.717, 1.165) is 6.07 Å². The molecule has 0 radical (unpaired) electrons. The number of carbonyl (C=O) groups excluding carboxylic acids is 1. The summed E-state index contributed by atoms with van der Waals surface area (Å²) in [6, 6.07) is 7.14. The number of rotatable bonds is 3. The minimum atomic E-state index is -0.704. The van der Waals surface area contributed by atoms with Crippen molar-refractivity contribution in [3.63, 3.8) is 0 Å². The molecule has 3 heterocycles. The van der Waals surface area contributed by atoms with Gasteiger partial charge < -0.3 is 9.64 Å². The highest BCUT2D eigenvalue weighted by atomic mass is 35.5. The van der Waals surface area contributed by atoms with Crippen LogP contribution in [0, 0.1) is 23.0 Å². The van der Waals surface area contributed by atoms with Crippen molar-refractivity contribution in [2.45, 2.75) is 25.0 Å². The van der Waals surface area contributed by atoms with Gasteiger partial charge in [-0.25, -0.2) is 23.6 Å². The SMILES string of the molecule is N#Cc1cc(Cl)nc(O[C@H]2CCN(C(=O)N3N=CC[C@H]3c3cc(F)cc(F)c3)C2)c1. The van der Waals surface area contributed by atoms with Gasteiger partial charge >= 0.3 is 6.03 Å². The fraction of sp³-hybridized carbons (Fsp3) is 0.300. The maximum absolute atomic E-state index is 13.6. The average Bonchev–Trinajstić information content (AvgIpc) is 3.36. The van der Waals surface area contributed by atoms with Crippen molar-refractivity contribution in [2.75, 3.05) is 13.1 Å². The Bertz CT molecular complexity index is 1040. The third kappa shape index (κ3) is 4.19. The van der Waals surface area contributed by atoms with E-state index in [1.165, 1.54) is 29.3 Å². The van der Waals surface area contributed by atoms with Gasteiger partial charge in [-0.1, -0.05) is 11.6 Å². The summed E-state index contributed by atoms with van der Waals surface area (Å²) in [6.07, 6.45) is 2.14. The molecule has 2 aliphatic heterocycles. The number of halogens is 3. The van der Waals surface area contributed by atoms with E-state index in [1.807, 2.05) is 6.07 Å². The first kappa shape index (κ1) is 20.0. The van der Waals surface area contributed by atoms with Gasteiger partial charge in [0.1, 0.15) is 22.9 Å². The van der Waals surface area contributed by atoms with E-state index in [-0.39, 0.29) is 29.7 Å². The Morgan fingerprint density at radius 1 is 1.23 bits per heavy atom. The van der Waals surface area contributed by atoms with Gasteiger partial charge in [-0.3, -0.25) is 0 Å². The molecule has 154 valence electrons. The minimum absolute atomic E-state index is 0.145. The van der Waals surface area contributed by atoms with Gasteiger partial charge in [0.05, 0.1) is 24.2 Å². The highest BCUT2D eigenvalue weighted by Crippen LogP contribution is 2.31. The van der Waals surface area contributed by atoms with E-state index in [1.54, 1.807) is 11.1 Å². The first-order chi connectivity index (χ1) is 14.4. The fourth-order valence-electron chi connectivity index (χ4n) is 3.55. The smallest absolute Gasteiger partial charge is 0.341 e. The largest absolute Gasteiger partial charge is 0.472 e. The summed E-state index contributed by atoms with van der Waals surface area (Å²) in [5.41, 5.74) is 0.671. The Hall–Kier alpha value is -3.25. The molecule has 1 aromatic heterocycles. The van der Waals surface area contributed by atoms with Crippen molar-refractivity contribution < 1.29 is 18.3 Å². The number of nitrogens with zero attached hydrogens (tertiary/aromatic N) is 5. The molecule has 0 N–H and O–H groups in total. The molecule has 4 rings (SSSR count). The van der Waals surface area contributed by atoms with E-state index in [0.29, 0.717) is 30.5 Å². The second-order valence-corrected chi connectivity index (χ2v) is 7.37. The van der Waals surface area contributed by atoms with Gasteiger partial charge in [0.15, 0.2) is 0 Å². The van der Waals surface area contributed by atoms with E-state index in [9.17, 15) is 13.6 Å². The van der Waals surface area contributed by atoms with Crippen LogP contribution < -0.4 is 4.74 Å². The molecule has 0 spiro atoms. The summed E-state index contributed by atoms with van der Waals surface area (Å²) in [4.78, 5) is 18.6. The van der Waals surface area contributed by atoms with Gasteiger partial charge in [-0.15, -0.1) is 0 Å². The number of nitriles is 1. The van der Waals surface area contributed by atoms with Crippen molar-refractivity contribution in [1.29, 1.82) is 5.26 Å². The number of likely N-dealkylation sites (tertiary alicyclic amines) is 1. The van der Waals surface area contributed by atoms with Crippen LogP contribution in [0.4, 0.5) is 13.6 Å². The lowest BCUT2D eigenvalue weighted by atomic mass is 10.0. The topological polar surface area (TPSA) is 81.8 Å². The van der Waals surface area contributed by atoms with E-state index in [4.69, 9.17) is 21.6 Å². The summed E-state index contributed by atoms with van der Waals surface area (Å²) in [5.74, 6) is -1.19. The number of aromatic nitrogens is 1. The highest BCUT2D eigenvalue weighted by molar-refractivity contribution is 6.29. The summed E-state index contributed by atoms with van der Waals surface area (Å²) < 4.78 is 33.0. The molecule has 0 aliphatic carbocycles. The van der Waals surface area contributed by atoms with Crippen molar-refractivity contribution >= 4 is 23.8 Å². The maximum Gasteiger partial charge on any atom is 0.341 e. The lowest BCUT2D eigenvalue weighted by Gasteiger charge is -2.27. The number of benzene rings is 1. The molecule has 1 aromatic carbocycles. The predicted octanol–water partition coefficient (Wildman–Crippen LogP) is 3.89. The van der Waals surface area contributed by atoms with Crippen LogP contribution in [0.2, 0.25) is 5.15 Å². The van der Waals surface area contributed by atoms with E-state index in [2.05, 4.69) is 10.1 Å². The summed E-state index contributed by atoms with van der Waals surface area (Å²) >= 11 is 5.89. The van der Waals surface area contributed by atoms with Crippen LogP contribution >= 0.6 is 11.6 Å². The third-order valence-electron chi connectivity index (χ3n) is 4.90. The molecule has 2 amide bonds. The Labute approximate surface area is 176 Å². The third-order valence-corrected chi connectivity index (χ3v) is 5.09. The van der Waals surface area contributed by atoms with Gasteiger partial charge in [0, 0.05) is 37.7 Å². The number of urea groups is 1. The van der Waals surface area contributed by atoms with Crippen LogP contribution in [0.1, 0.15) is 30.0 Å². The van der Waals surface area contributed by atoms with Crippen molar-refractivity contribution in [1.82, 2.24) is 14.9 Å². The van der Waals surface area contributed by atoms with Gasteiger partial charge in [0.25, 0.3) is 0 Å². The van der Waals surface area contributed by atoms with Crippen LogP contribution in [0.3, 0.4) is 0 Å². The molecule has 0 unspecified atom stereocenters. The average molecular weight is 432 g/mol. The zero-order valence-corrected chi connectivity index (χ0v) is 16.4. The Morgan fingerprint density at radius 3 is 2.73 bits per heavy atom. The van der Waals surface area contributed by atoms with Gasteiger partial charge in [0.2, 0.25) is 5.88 Å². The van der Waals surface area contributed by atoms with Crippen LogP contribution in [0.5, 0.6) is 5.88 Å². The molecular weight excluding hydrogens is 416 g/mol. The Balaban J connectivity index is 1.43. The molecule has 2 aliphatic rings. The number of pyridine rings is 1. The molecule has 30 heavy (non-hydrogen) atoms. The number of carbonyl (C=O) groups is 1. The fourth-order valence-corrected chi connectivity index (χ4v) is 3.76. The summed E-state index contributed by atoms with van der Waals surface area (Å²) in [5, 5.41) is 14.5. The first-order valence-electron chi connectivity index (χ1n) is 9.24. The van der Waals surface area contributed by atoms with Crippen LogP contribution in [-0.4, -0.2) is 46.3 Å². The second-order valence-electron chi connectivity index (χ2n) is 6.98. The number of amides is 2. The molecule has 2 atom stereocenters. The monoisotopic (exact) mass is 431 g/mol. The molecule has 0 bridgehead atoms. The second kappa shape index (κ2) is 8.24. The molecule has 7 nitrogen and oxygen atoms in total.